The highest BCUT2D eigenvalue weighted by Gasteiger charge is 2.07. The van der Waals surface area contributed by atoms with Crippen LogP contribution in [0.3, 0.4) is 0 Å². The molecule has 0 unspecified atom stereocenters. The van der Waals surface area contributed by atoms with Crippen LogP contribution in [0.25, 0.3) is 5.70 Å². The Labute approximate surface area is 106 Å². The van der Waals surface area contributed by atoms with E-state index in [2.05, 4.69) is 16.5 Å². The van der Waals surface area contributed by atoms with E-state index in [-0.39, 0.29) is 5.97 Å². The van der Waals surface area contributed by atoms with E-state index in [0.29, 0.717) is 12.2 Å². The Morgan fingerprint density at radius 3 is 2.67 bits per heavy atom. The molecule has 3 heteroatoms. The fourth-order valence-corrected chi connectivity index (χ4v) is 1.56. The third kappa shape index (κ3) is 2.67. The van der Waals surface area contributed by atoms with Crippen molar-refractivity contribution in [2.75, 3.05) is 6.61 Å². The molecule has 0 aromatic heterocycles. The molecule has 1 heterocycles. The number of carbonyl (C=O) groups is 1. The molecule has 0 bridgehead atoms. The van der Waals surface area contributed by atoms with Crippen LogP contribution in [0.2, 0.25) is 0 Å². The summed E-state index contributed by atoms with van der Waals surface area (Å²) < 4.78 is 4.92. The van der Waals surface area contributed by atoms with Crippen LogP contribution in [0, 0.1) is 0 Å². The van der Waals surface area contributed by atoms with Crippen molar-refractivity contribution in [3.05, 3.63) is 52.9 Å². The number of esters is 1. The van der Waals surface area contributed by atoms with Crippen LogP contribution in [0.15, 0.2) is 46.8 Å². The fourth-order valence-electron chi connectivity index (χ4n) is 1.56. The average Bonchev–Trinajstić information content (AvgIpc) is 2.39. The van der Waals surface area contributed by atoms with Crippen LogP contribution in [0.1, 0.15) is 29.8 Å². The summed E-state index contributed by atoms with van der Waals surface area (Å²) in [6.07, 6.45) is 1.77. The first-order valence-corrected chi connectivity index (χ1v) is 5.75. The molecule has 0 radical (unpaired) electrons. The molecule has 1 aromatic carbocycles. The molecule has 0 amide bonds. The molecule has 2 rings (SSSR count). The number of ether oxygens (including phenoxy) is 1. The van der Waals surface area contributed by atoms with Crippen molar-refractivity contribution in [2.45, 2.75) is 13.8 Å². The number of rotatable bonds is 3. The zero-order chi connectivity index (χ0) is 13.0. The van der Waals surface area contributed by atoms with Gasteiger partial charge in [-0.2, -0.15) is 0 Å². The second-order valence-electron chi connectivity index (χ2n) is 3.81. The SMILES string of the molecule is CCOC(=O)c1ccc(C2=C=C=CC(C)=N2)cc1. The van der Waals surface area contributed by atoms with Gasteiger partial charge in [0.2, 0.25) is 0 Å². The fraction of sp³-hybridized carbons (Fsp3) is 0.200. The van der Waals surface area contributed by atoms with E-state index in [0.717, 1.165) is 17.0 Å². The molecule has 3 nitrogen and oxygen atoms in total. The summed E-state index contributed by atoms with van der Waals surface area (Å²) in [7, 11) is 0. The molecule has 0 fully saturated rings. The maximum absolute atomic E-state index is 11.5. The summed E-state index contributed by atoms with van der Waals surface area (Å²) in [6.45, 7) is 4.07. The number of carbonyl (C=O) groups excluding carboxylic acids is 1. The van der Waals surface area contributed by atoms with Gasteiger partial charge in [0.15, 0.2) is 0 Å². The maximum Gasteiger partial charge on any atom is 0.338 e. The summed E-state index contributed by atoms with van der Waals surface area (Å²) in [6, 6.07) is 7.12. The van der Waals surface area contributed by atoms with Crippen molar-refractivity contribution < 1.29 is 9.53 Å². The monoisotopic (exact) mass is 239 g/mol. The third-order valence-corrected chi connectivity index (χ3v) is 2.43. The molecule has 0 saturated heterocycles. The molecule has 1 aromatic rings. The molecule has 0 N–H and O–H groups in total. The highest BCUT2D eigenvalue weighted by Crippen LogP contribution is 2.17. The van der Waals surface area contributed by atoms with Crippen LogP contribution in [-0.2, 0) is 4.74 Å². The lowest BCUT2D eigenvalue weighted by Crippen LogP contribution is -2.04. The van der Waals surface area contributed by atoms with E-state index in [4.69, 9.17) is 4.74 Å². The van der Waals surface area contributed by atoms with Crippen molar-refractivity contribution in [2.24, 2.45) is 4.99 Å². The number of hydrogen-bond acceptors (Lipinski definition) is 3. The van der Waals surface area contributed by atoms with Gasteiger partial charge >= 0.3 is 5.97 Å². The largest absolute Gasteiger partial charge is 0.462 e. The maximum atomic E-state index is 11.5. The Morgan fingerprint density at radius 1 is 1.33 bits per heavy atom. The molecule has 18 heavy (non-hydrogen) atoms. The van der Waals surface area contributed by atoms with Gasteiger partial charge < -0.3 is 4.74 Å². The zero-order valence-electron chi connectivity index (χ0n) is 10.4. The van der Waals surface area contributed by atoms with Crippen LogP contribution in [0.5, 0.6) is 0 Å². The minimum absolute atomic E-state index is 0.309. The van der Waals surface area contributed by atoms with E-state index in [1.807, 2.05) is 19.1 Å². The lowest BCUT2D eigenvalue weighted by atomic mass is 10.1. The second-order valence-corrected chi connectivity index (χ2v) is 3.81. The Balaban J connectivity index is 2.26. The first-order valence-electron chi connectivity index (χ1n) is 5.75. The van der Waals surface area contributed by atoms with E-state index < -0.39 is 0 Å². The molecular weight excluding hydrogens is 226 g/mol. The summed E-state index contributed by atoms with van der Waals surface area (Å²) in [5.74, 6) is -0.309. The summed E-state index contributed by atoms with van der Waals surface area (Å²) >= 11 is 0. The smallest absolute Gasteiger partial charge is 0.338 e. The predicted octanol–water partition coefficient (Wildman–Crippen LogP) is 2.99. The topological polar surface area (TPSA) is 38.7 Å². The van der Waals surface area contributed by atoms with Crippen molar-refractivity contribution in [1.29, 1.82) is 0 Å². The molecular formula is C15H13NO2. The Morgan fingerprint density at radius 2 is 2.06 bits per heavy atom. The summed E-state index contributed by atoms with van der Waals surface area (Å²) in [5.41, 5.74) is 8.91. The Bertz CT molecular complexity index is 596. The van der Waals surface area contributed by atoms with Crippen molar-refractivity contribution >= 4 is 17.4 Å². The van der Waals surface area contributed by atoms with Gasteiger partial charge in [-0.3, -0.25) is 0 Å². The quantitative estimate of drug-likeness (QED) is 0.600. The lowest BCUT2D eigenvalue weighted by molar-refractivity contribution is 0.0526. The minimum Gasteiger partial charge on any atom is -0.462 e. The van der Waals surface area contributed by atoms with Gasteiger partial charge in [-0.25, -0.2) is 9.79 Å². The summed E-state index contributed by atoms with van der Waals surface area (Å²) in [4.78, 5) is 15.8. The molecule has 1 aliphatic heterocycles. The minimum atomic E-state index is -0.309. The number of benzene rings is 1. The Kier molecular flexibility index (Phi) is 3.59. The zero-order valence-corrected chi connectivity index (χ0v) is 10.4. The van der Waals surface area contributed by atoms with E-state index in [1.165, 1.54) is 0 Å². The van der Waals surface area contributed by atoms with Gasteiger partial charge in [-0.1, -0.05) is 17.9 Å². The lowest BCUT2D eigenvalue weighted by Gasteiger charge is -2.04. The van der Waals surface area contributed by atoms with Crippen molar-refractivity contribution in [1.82, 2.24) is 0 Å². The molecule has 1 aliphatic rings. The number of allylic oxidation sites excluding steroid dienone is 1. The van der Waals surface area contributed by atoms with Gasteiger partial charge in [-0.05, 0) is 31.7 Å². The van der Waals surface area contributed by atoms with Crippen molar-refractivity contribution in [3.63, 3.8) is 0 Å². The predicted molar refractivity (Wildman–Crippen MR) is 70.5 cm³/mol. The standard InChI is InChI=1S/C15H13NO2/c1-3-18-15(17)13-9-7-12(8-10-13)14-6-4-5-11(2)16-14/h5,7-10H,3H2,1-2H3. The normalized spacial score (nSPS) is 13.0. The van der Waals surface area contributed by atoms with Crippen LogP contribution >= 0.6 is 0 Å². The highest BCUT2D eigenvalue weighted by atomic mass is 16.5. The van der Waals surface area contributed by atoms with Gasteiger partial charge in [0.1, 0.15) is 5.70 Å². The van der Waals surface area contributed by atoms with Gasteiger partial charge in [0.05, 0.1) is 12.2 Å². The van der Waals surface area contributed by atoms with E-state index in [1.54, 1.807) is 25.1 Å². The van der Waals surface area contributed by atoms with Gasteiger partial charge in [-0.15, -0.1) is 0 Å². The van der Waals surface area contributed by atoms with Gasteiger partial charge in [0, 0.05) is 17.4 Å². The van der Waals surface area contributed by atoms with Crippen LogP contribution in [0.4, 0.5) is 0 Å². The molecule has 0 atom stereocenters. The summed E-state index contributed by atoms with van der Waals surface area (Å²) in [5, 5.41) is 0. The van der Waals surface area contributed by atoms with Crippen LogP contribution in [-0.4, -0.2) is 18.3 Å². The van der Waals surface area contributed by atoms with Crippen molar-refractivity contribution in [3.8, 4) is 0 Å². The number of nitrogens with zero attached hydrogens (tertiary/aromatic N) is 1. The number of aliphatic imine (C=N–C) groups is 1. The van der Waals surface area contributed by atoms with E-state index in [9.17, 15) is 4.79 Å². The van der Waals surface area contributed by atoms with Gasteiger partial charge in [0.25, 0.3) is 0 Å². The highest BCUT2D eigenvalue weighted by molar-refractivity contribution is 5.97. The average molecular weight is 239 g/mol. The molecule has 0 aliphatic carbocycles. The Hall–Kier alpha value is -2.34. The first-order chi connectivity index (χ1) is 8.70. The molecule has 90 valence electrons. The first kappa shape index (κ1) is 12.1. The third-order valence-electron chi connectivity index (χ3n) is 2.43. The molecule has 0 saturated carbocycles. The second kappa shape index (κ2) is 5.33. The van der Waals surface area contributed by atoms with E-state index >= 15 is 0 Å². The molecule has 0 spiro atoms. The van der Waals surface area contributed by atoms with Crippen LogP contribution < -0.4 is 0 Å². The number of hydrogen-bond donors (Lipinski definition) is 0.